The molecule has 0 aliphatic rings. The van der Waals surface area contributed by atoms with Crippen molar-refractivity contribution in [3.63, 3.8) is 0 Å². The van der Waals surface area contributed by atoms with E-state index >= 15 is 0 Å². The third-order valence-corrected chi connectivity index (χ3v) is 3.99. The van der Waals surface area contributed by atoms with Gasteiger partial charge in [0.25, 0.3) is 0 Å². The van der Waals surface area contributed by atoms with Gasteiger partial charge in [-0.15, -0.1) is 0 Å². The van der Waals surface area contributed by atoms with Crippen molar-refractivity contribution in [2.75, 3.05) is 7.05 Å². The number of aromatic nitrogens is 2. The SMILES string of the molecule is CNC(C)c1ccc(Sc2nccn2C)c(F)c1. The summed E-state index contributed by atoms with van der Waals surface area (Å²) in [5, 5.41) is 3.87. The van der Waals surface area contributed by atoms with Gasteiger partial charge in [-0.1, -0.05) is 6.07 Å². The summed E-state index contributed by atoms with van der Waals surface area (Å²) in [5.74, 6) is -0.206. The molecule has 1 aromatic heterocycles. The van der Waals surface area contributed by atoms with Crippen molar-refractivity contribution >= 4 is 11.8 Å². The largest absolute Gasteiger partial charge is 0.329 e. The van der Waals surface area contributed by atoms with Crippen LogP contribution >= 0.6 is 11.8 Å². The Bertz CT molecular complexity index is 539. The molecular formula is C13H16FN3S. The molecule has 1 heterocycles. The van der Waals surface area contributed by atoms with Gasteiger partial charge in [-0.2, -0.15) is 0 Å². The fourth-order valence-electron chi connectivity index (χ4n) is 1.58. The quantitative estimate of drug-likeness (QED) is 0.921. The van der Waals surface area contributed by atoms with Crippen LogP contribution in [0.1, 0.15) is 18.5 Å². The first-order chi connectivity index (χ1) is 8.61. The maximum absolute atomic E-state index is 14.0. The van der Waals surface area contributed by atoms with E-state index in [9.17, 15) is 4.39 Å². The number of rotatable bonds is 4. The van der Waals surface area contributed by atoms with Crippen molar-refractivity contribution in [1.82, 2.24) is 14.9 Å². The predicted octanol–water partition coefficient (Wildman–Crippen LogP) is 2.99. The predicted molar refractivity (Wildman–Crippen MR) is 71.2 cm³/mol. The van der Waals surface area contributed by atoms with E-state index in [1.165, 1.54) is 11.8 Å². The fourth-order valence-corrected chi connectivity index (χ4v) is 2.39. The Labute approximate surface area is 110 Å². The summed E-state index contributed by atoms with van der Waals surface area (Å²) < 4.78 is 15.9. The number of aryl methyl sites for hydroxylation is 1. The maximum atomic E-state index is 14.0. The highest BCUT2D eigenvalue weighted by atomic mass is 32.2. The molecule has 1 atom stereocenters. The number of nitrogens with one attached hydrogen (secondary N) is 1. The zero-order chi connectivity index (χ0) is 13.1. The van der Waals surface area contributed by atoms with Gasteiger partial charge in [0.05, 0.1) is 4.90 Å². The number of halogens is 1. The van der Waals surface area contributed by atoms with Gasteiger partial charge < -0.3 is 9.88 Å². The Morgan fingerprint density at radius 2 is 2.22 bits per heavy atom. The molecule has 96 valence electrons. The number of hydrogen-bond donors (Lipinski definition) is 1. The van der Waals surface area contributed by atoms with Crippen LogP contribution in [0, 0.1) is 5.82 Å². The third kappa shape index (κ3) is 2.73. The summed E-state index contributed by atoms with van der Waals surface area (Å²) in [6.07, 6.45) is 3.55. The molecule has 0 aliphatic heterocycles. The van der Waals surface area contributed by atoms with Gasteiger partial charge in [0, 0.05) is 25.5 Å². The van der Waals surface area contributed by atoms with E-state index in [-0.39, 0.29) is 11.9 Å². The second kappa shape index (κ2) is 5.54. The molecular weight excluding hydrogens is 249 g/mol. The number of imidazole rings is 1. The van der Waals surface area contributed by atoms with Crippen LogP contribution < -0.4 is 5.32 Å². The topological polar surface area (TPSA) is 29.9 Å². The zero-order valence-corrected chi connectivity index (χ0v) is 11.5. The molecule has 0 spiro atoms. The molecule has 0 saturated carbocycles. The van der Waals surface area contributed by atoms with Gasteiger partial charge in [0.15, 0.2) is 5.16 Å². The molecule has 1 N–H and O–H groups in total. The zero-order valence-electron chi connectivity index (χ0n) is 10.6. The minimum Gasteiger partial charge on any atom is -0.329 e. The van der Waals surface area contributed by atoms with E-state index in [2.05, 4.69) is 10.3 Å². The molecule has 18 heavy (non-hydrogen) atoms. The molecule has 2 aromatic rings. The minimum absolute atomic E-state index is 0.145. The van der Waals surface area contributed by atoms with Gasteiger partial charge in [-0.3, -0.25) is 0 Å². The van der Waals surface area contributed by atoms with Crippen LogP contribution in [0.25, 0.3) is 0 Å². The lowest BCUT2D eigenvalue weighted by atomic mass is 10.1. The van der Waals surface area contributed by atoms with Crippen molar-refractivity contribution in [1.29, 1.82) is 0 Å². The number of benzene rings is 1. The van der Waals surface area contributed by atoms with Crippen LogP contribution in [0.3, 0.4) is 0 Å². The van der Waals surface area contributed by atoms with Gasteiger partial charge in [-0.05, 0) is 43.4 Å². The molecule has 1 aromatic carbocycles. The van der Waals surface area contributed by atoms with Crippen LogP contribution in [0.15, 0.2) is 40.6 Å². The maximum Gasteiger partial charge on any atom is 0.172 e. The van der Waals surface area contributed by atoms with Crippen molar-refractivity contribution < 1.29 is 4.39 Å². The van der Waals surface area contributed by atoms with Crippen LogP contribution in [0.5, 0.6) is 0 Å². The normalized spacial score (nSPS) is 12.7. The third-order valence-electron chi connectivity index (χ3n) is 2.87. The molecule has 2 rings (SSSR count). The summed E-state index contributed by atoms with van der Waals surface area (Å²) in [4.78, 5) is 4.77. The smallest absolute Gasteiger partial charge is 0.172 e. The molecule has 0 fully saturated rings. The van der Waals surface area contributed by atoms with Gasteiger partial charge in [-0.25, -0.2) is 9.37 Å². The molecule has 0 aliphatic carbocycles. The van der Waals surface area contributed by atoms with Crippen molar-refractivity contribution in [2.24, 2.45) is 7.05 Å². The number of hydrogen-bond acceptors (Lipinski definition) is 3. The molecule has 5 heteroatoms. The van der Waals surface area contributed by atoms with E-state index in [0.717, 1.165) is 10.7 Å². The van der Waals surface area contributed by atoms with E-state index < -0.39 is 0 Å². The van der Waals surface area contributed by atoms with Crippen LogP contribution in [-0.2, 0) is 7.05 Å². The monoisotopic (exact) mass is 265 g/mol. The fraction of sp³-hybridized carbons (Fsp3) is 0.308. The van der Waals surface area contributed by atoms with Crippen LogP contribution in [-0.4, -0.2) is 16.6 Å². The van der Waals surface area contributed by atoms with Crippen molar-refractivity contribution in [3.05, 3.63) is 42.0 Å². The Balaban J connectivity index is 2.23. The summed E-state index contributed by atoms with van der Waals surface area (Å²) in [6.45, 7) is 2.00. The highest BCUT2D eigenvalue weighted by Crippen LogP contribution is 2.29. The average molecular weight is 265 g/mol. The van der Waals surface area contributed by atoms with Crippen LogP contribution in [0.2, 0.25) is 0 Å². The van der Waals surface area contributed by atoms with Crippen molar-refractivity contribution in [3.8, 4) is 0 Å². The van der Waals surface area contributed by atoms with Gasteiger partial charge in [0.2, 0.25) is 0 Å². The Hall–Kier alpha value is -1.33. The molecule has 0 bridgehead atoms. The average Bonchev–Trinajstić information content (AvgIpc) is 2.76. The minimum atomic E-state index is -0.206. The first-order valence-corrected chi connectivity index (χ1v) is 6.55. The standard InChI is InChI=1S/C13H16FN3S/c1-9(15-2)10-4-5-12(11(14)8-10)18-13-16-6-7-17(13)3/h4-9,15H,1-3H3. The van der Waals surface area contributed by atoms with Gasteiger partial charge >= 0.3 is 0 Å². The highest BCUT2D eigenvalue weighted by molar-refractivity contribution is 7.99. The van der Waals surface area contributed by atoms with Crippen molar-refractivity contribution in [2.45, 2.75) is 23.0 Å². The second-order valence-electron chi connectivity index (χ2n) is 4.12. The Morgan fingerprint density at radius 3 is 2.78 bits per heavy atom. The summed E-state index contributed by atoms with van der Waals surface area (Å²) >= 11 is 1.33. The summed E-state index contributed by atoms with van der Waals surface area (Å²) in [5.41, 5.74) is 0.944. The lowest BCUT2D eigenvalue weighted by molar-refractivity contribution is 0.587. The molecule has 0 amide bonds. The van der Waals surface area contributed by atoms with E-state index in [1.807, 2.05) is 37.8 Å². The second-order valence-corrected chi connectivity index (χ2v) is 5.13. The molecule has 0 saturated heterocycles. The Morgan fingerprint density at radius 1 is 1.44 bits per heavy atom. The highest BCUT2D eigenvalue weighted by Gasteiger charge is 2.10. The van der Waals surface area contributed by atoms with E-state index in [1.54, 1.807) is 18.3 Å². The van der Waals surface area contributed by atoms with Crippen LogP contribution in [0.4, 0.5) is 4.39 Å². The lowest BCUT2D eigenvalue weighted by Gasteiger charge is -2.11. The lowest BCUT2D eigenvalue weighted by Crippen LogP contribution is -2.12. The summed E-state index contributed by atoms with van der Waals surface area (Å²) in [7, 11) is 3.75. The number of nitrogens with zero attached hydrogens (tertiary/aromatic N) is 2. The first-order valence-electron chi connectivity index (χ1n) is 5.73. The molecule has 0 radical (unpaired) electrons. The van der Waals surface area contributed by atoms with Gasteiger partial charge in [0.1, 0.15) is 5.82 Å². The molecule has 3 nitrogen and oxygen atoms in total. The Kier molecular flexibility index (Phi) is 4.04. The first kappa shape index (κ1) is 13.1. The summed E-state index contributed by atoms with van der Waals surface area (Å²) in [6, 6.07) is 5.46. The van der Waals surface area contributed by atoms with E-state index in [0.29, 0.717) is 4.90 Å². The van der Waals surface area contributed by atoms with E-state index in [4.69, 9.17) is 0 Å². The molecule has 1 unspecified atom stereocenters.